The number of ether oxygens (including phenoxy) is 1. The van der Waals surface area contributed by atoms with E-state index in [1.165, 1.54) is 5.56 Å². The molecule has 9 nitrogen and oxygen atoms in total. The molecule has 1 aromatic rings. The molecule has 31 heavy (non-hydrogen) atoms. The maximum atomic E-state index is 12.1. The Morgan fingerprint density at radius 3 is 2.42 bits per heavy atom. The largest absolute Gasteiger partial charge is 0.490 e. The average Bonchev–Trinajstić information content (AvgIpc) is 3.10. The van der Waals surface area contributed by atoms with E-state index < -0.39 is 12.1 Å². The number of halogens is 3. The molecule has 0 aliphatic carbocycles. The van der Waals surface area contributed by atoms with Gasteiger partial charge in [-0.05, 0) is 37.8 Å². The molecule has 1 aromatic heterocycles. The minimum atomic E-state index is -5.08. The molecule has 2 saturated heterocycles. The van der Waals surface area contributed by atoms with Crippen molar-refractivity contribution in [1.82, 2.24) is 24.9 Å². The summed E-state index contributed by atoms with van der Waals surface area (Å²) in [6, 6.07) is 0.0874. The van der Waals surface area contributed by atoms with Crippen LogP contribution in [0.2, 0.25) is 0 Å². The number of carboxylic acid groups (broad SMARTS) is 1. The zero-order valence-corrected chi connectivity index (χ0v) is 18.0. The van der Waals surface area contributed by atoms with Crippen molar-refractivity contribution >= 4 is 12.0 Å². The number of carboxylic acids is 1. The Morgan fingerprint density at radius 1 is 1.32 bits per heavy atom. The zero-order valence-electron chi connectivity index (χ0n) is 18.0. The van der Waals surface area contributed by atoms with Crippen molar-refractivity contribution in [3.05, 3.63) is 18.0 Å². The smallest absolute Gasteiger partial charge is 0.475 e. The Bertz CT molecular complexity index is 745. The fraction of sp³-hybridized carbons (Fsp3) is 0.737. The van der Waals surface area contributed by atoms with E-state index in [1.54, 1.807) is 19.0 Å². The highest BCUT2D eigenvalue weighted by Gasteiger charge is 2.44. The number of carbonyl (C=O) groups excluding carboxylic acids is 1. The lowest BCUT2D eigenvalue weighted by Gasteiger charge is -2.49. The molecular weight excluding hydrogens is 419 g/mol. The lowest BCUT2D eigenvalue weighted by molar-refractivity contribution is -0.192. The molecule has 2 aliphatic rings. The van der Waals surface area contributed by atoms with Crippen LogP contribution in [0.1, 0.15) is 24.8 Å². The van der Waals surface area contributed by atoms with Crippen molar-refractivity contribution in [2.45, 2.75) is 38.0 Å². The van der Waals surface area contributed by atoms with Gasteiger partial charge in [-0.2, -0.15) is 18.3 Å². The van der Waals surface area contributed by atoms with Gasteiger partial charge in [0.15, 0.2) is 0 Å². The van der Waals surface area contributed by atoms with Gasteiger partial charge >= 0.3 is 18.2 Å². The molecule has 2 N–H and O–H groups in total. The summed E-state index contributed by atoms with van der Waals surface area (Å²) in [6.07, 6.45) is 2.19. The topological polar surface area (TPSA) is 99.9 Å². The molecule has 2 aliphatic heterocycles. The number of rotatable bonds is 3. The van der Waals surface area contributed by atoms with Gasteiger partial charge in [-0.25, -0.2) is 9.59 Å². The molecule has 0 aromatic carbocycles. The van der Waals surface area contributed by atoms with E-state index in [9.17, 15) is 18.0 Å². The van der Waals surface area contributed by atoms with E-state index >= 15 is 0 Å². The van der Waals surface area contributed by atoms with Crippen molar-refractivity contribution in [1.29, 1.82) is 0 Å². The summed E-state index contributed by atoms with van der Waals surface area (Å²) < 4.78 is 39.2. The van der Waals surface area contributed by atoms with Gasteiger partial charge in [0, 0.05) is 46.1 Å². The molecule has 0 radical (unpaired) electrons. The van der Waals surface area contributed by atoms with Crippen molar-refractivity contribution in [2.75, 3.05) is 40.4 Å². The van der Waals surface area contributed by atoms with Gasteiger partial charge in [0.25, 0.3) is 0 Å². The van der Waals surface area contributed by atoms with Crippen LogP contribution in [0.4, 0.5) is 18.0 Å². The fourth-order valence-electron chi connectivity index (χ4n) is 3.87. The quantitative estimate of drug-likeness (QED) is 0.729. The Labute approximate surface area is 179 Å². The van der Waals surface area contributed by atoms with Crippen LogP contribution in [0.25, 0.3) is 0 Å². The number of amides is 2. The number of nitrogens with zero attached hydrogens (tertiary/aromatic N) is 4. The van der Waals surface area contributed by atoms with E-state index in [0.717, 1.165) is 45.5 Å². The van der Waals surface area contributed by atoms with Gasteiger partial charge in [-0.3, -0.25) is 9.58 Å². The van der Waals surface area contributed by atoms with E-state index in [2.05, 4.69) is 21.5 Å². The minimum absolute atomic E-state index is 0.0253. The van der Waals surface area contributed by atoms with Crippen LogP contribution in [0, 0.1) is 5.41 Å². The van der Waals surface area contributed by atoms with Crippen LogP contribution in [0.5, 0.6) is 0 Å². The molecule has 0 saturated carbocycles. The van der Waals surface area contributed by atoms with E-state index in [0.29, 0.717) is 6.61 Å². The number of nitrogens with one attached hydrogen (secondary N) is 1. The maximum Gasteiger partial charge on any atom is 0.490 e. The fourth-order valence-corrected chi connectivity index (χ4v) is 3.87. The normalized spacial score (nSPS) is 21.2. The number of hydrogen-bond acceptors (Lipinski definition) is 5. The Balaban J connectivity index is 0.000000423. The molecule has 1 spiro atoms. The third kappa shape index (κ3) is 7.10. The third-order valence-electron chi connectivity index (χ3n) is 5.73. The van der Waals surface area contributed by atoms with Crippen LogP contribution in [0.15, 0.2) is 12.4 Å². The second-order valence-electron chi connectivity index (χ2n) is 8.19. The van der Waals surface area contributed by atoms with Gasteiger partial charge in [0.05, 0.1) is 18.8 Å². The van der Waals surface area contributed by atoms with Crippen molar-refractivity contribution in [3.63, 3.8) is 0 Å². The Hall–Kier alpha value is -2.34. The number of urea groups is 1. The average molecular weight is 449 g/mol. The van der Waals surface area contributed by atoms with Crippen LogP contribution >= 0.6 is 0 Å². The summed E-state index contributed by atoms with van der Waals surface area (Å²) in [7, 11) is 5.51. The van der Waals surface area contributed by atoms with E-state index in [-0.39, 0.29) is 17.5 Å². The van der Waals surface area contributed by atoms with Gasteiger partial charge in [-0.15, -0.1) is 0 Å². The monoisotopic (exact) mass is 449 g/mol. The SMILES string of the molecule is CN(C)C(=O)NC1COCCC12CCN(Cc1cnn(C)c1)CC2.O=C(O)C(F)(F)F. The first-order valence-corrected chi connectivity index (χ1v) is 9.98. The molecule has 1 unspecified atom stereocenters. The highest BCUT2D eigenvalue weighted by molar-refractivity contribution is 5.74. The molecule has 12 heteroatoms. The summed E-state index contributed by atoms with van der Waals surface area (Å²) in [5, 5.41) is 14.5. The summed E-state index contributed by atoms with van der Waals surface area (Å²) in [4.78, 5) is 25.1. The van der Waals surface area contributed by atoms with Crippen LogP contribution in [-0.2, 0) is 23.1 Å². The van der Waals surface area contributed by atoms with Crippen LogP contribution < -0.4 is 5.32 Å². The summed E-state index contributed by atoms with van der Waals surface area (Å²) >= 11 is 0. The molecule has 176 valence electrons. The first-order valence-electron chi connectivity index (χ1n) is 9.98. The van der Waals surface area contributed by atoms with Crippen molar-refractivity contribution in [2.24, 2.45) is 12.5 Å². The Morgan fingerprint density at radius 2 is 1.94 bits per heavy atom. The van der Waals surface area contributed by atoms with Gasteiger partial charge in [0.1, 0.15) is 0 Å². The van der Waals surface area contributed by atoms with Gasteiger partial charge in [0.2, 0.25) is 0 Å². The third-order valence-corrected chi connectivity index (χ3v) is 5.73. The molecule has 3 rings (SSSR count). The second-order valence-corrected chi connectivity index (χ2v) is 8.19. The van der Waals surface area contributed by atoms with Crippen molar-refractivity contribution < 1.29 is 32.6 Å². The van der Waals surface area contributed by atoms with Crippen molar-refractivity contribution in [3.8, 4) is 0 Å². The van der Waals surface area contributed by atoms with Crippen LogP contribution in [0.3, 0.4) is 0 Å². The lowest BCUT2D eigenvalue weighted by Crippen LogP contribution is -2.58. The summed E-state index contributed by atoms with van der Waals surface area (Å²) in [5.41, 5.74) is 1.44. The van der Waals surface area contributed by atoms with E-state index in [4.69, 9.17) is 14.6 Å². The number of aromatic nitrogens is 2. The molecule has 1 atom stereocenters. The standard InChI is InChI=1S/C17H29N5O2.C2HF3O2/c1-20(2)16(23)19-15-13-24-9-6-17(15)4-7-22(8-5-17)12-14-10-18-21(3)11-14;3-2(4,5)1(6)7/h10-11,15H,4-9,12-13H2,1-3H3,(H,19,23);(H,6,7). The predicted octanol–water partition coefficient (Wildman–Crippen LogP) is 1.70. The number of aryl methyl sites for hydroxylation is 1. The summed E-state index contributed by atoms with van der Waals surface area (Å²) in [5.74, 6) is -2.76. The number of likely N-dealkylation sites (tertiary alicyclic amines) is 1. The number of hydrogen-bond donors (Lipinski definition) is 2. The molecule has 2 fully saturated rings. The highest BCUT2D eigenvalue weighted by Crippen LogP contribution is 2.41. The lowest BCUT2D eigenvalue weighted by atomic mass is 9.69. The second kappa shape index (κ2) is 10.3. The van der Waals surface area contributed by atoms with E-state index in [1.807, 2.05) is 17.9 Å². The minimum Gasteiger partial charge on any atom is -0.475 e. The number of piperidine rings is 1. The molecule has 3 heterocycles. The first-order chi connectivity index (χ1) is 14.4. The number of aliphatic carboxylic acids is 1. The highest BCUT2D eigenvalue weighted by atomic mass is 19.4. The van der Waals surface area contributed by atoms with Gasteiger partial charge < -0.3 is 20.1 Å². The predicted molar refractivity (Wildman–Crippen MR) is 105 cm³/mol. The number of carbonyl (C=O) groups is 2. The molecule has 0 bridgehead atoms. The summed E-state index contributed by atoms with van der Waals surface area (Å²) in [6.45, 7) is 4.50. The molecular formula is C19H30F3N5O4. The Kier molecular flexibility index (Phi) is 8.29. The maximum absolute atomic E-state index is 12.1. The number of alkyl halides is 3. The zero-order chi connectivity index (χ0) is 23.2. The van der Waals surface area contributed by atoms with Crippen LogP contribution in [-0.4, -0.2) is 89.3 Å². The van der Waals surface area contributed by atoms with Gasteiger partial charge in [-0.1, -0.05) is 0 Å². The first kappa shape index (κ1) is 24.9. The molecule has 2 amide bonds.